The Hall–Kier alpha value is -5.33. The van der Waals surface area contributed by atoms with Crippen LogP contribution in [0.2, 0.25) is 0 Å². The standard InChI is InChI=1S/C8H6F4O.C8H7F3O.C8H8F2O.C8H10O.C7H8/c1-5-4-6(2-3-7(5)9)13-8(10,11)12;1-6-3-2-4-7(5-6)12-8(9,10)11;1-6-3-2-4-7(5-6)11-8(9)10;1-7-4-3-5-8(6-7)9-2;1-7-5-3-2-4-6-7/h2-4H,1H3;2-5H,1H3;2-5,8H,1H3;3-6H,1-2H3;2-6H,1H3. The van der Waals surface area contributed by atoms with Gasteiger partial charge in [0.05, 0.1) is 7.11 Å². The van der Waals surface area contributed by atoms with Crippen LogP contribution >= 0.6 is 0 Å². The first-order valence-electron chi connectivity index (χ1n) is 15.2. The lowest BCUT2D eigenvalue weighted by molar-refractivity contribution is -0.275. The molecule has 0 atom stereocenters. The van der Waals surface area contributed by atoms with Gasteiger partial charge in [0.1, 0.15) is 28.8 Å². The molecule has 282 valence electrons. The van der Waals surface area contributed by atoms with Crippen molar-refractivity contribution in [2.75, 3.05) is 7.11 Å². The second-order valence-electron chi connectivity index (χ2n) is 10.7. The van der Waals surface area contributed by atoms with Crippen molar-refractivity contribution in [3.05, 3.63) is 155 Å². The predicted octanol–water partition coefficient (Wildman–Crippen LogP) is 12.5. The molecule has 0 heterocycles. The van der Waals surface area contributed by atoms with Crippen molar-refractivity contribution in [3.63, 3.8) is 0 Å². The van der Waals surface area contributed by atoms with Crippen LogP contribution in [0.5, 0.6) is 23.0 Å². The summed E-state index contributed by atoms with van der Waals surface area (Å²) in [7, 11) is 1.68. The molecule has 0 radical (unpaired) electrons. The second-order valence-corrected chi connectivity index (χ2v) is 10.7. The molecule has 0 unspecified atom stereocenters. The summed E-state index contributed by atoms with van der Waals surface area (Å²) in [6.07, 6.45) is -9.34. The van der Waals surface area contributed by atoms with Gasteiger partial charge >= 0.3 is 19.3 Å². The Morgan fingerprint density at radius 1 is 0.462 bits per heavy atom. The van der Waals surface area contributed by atoms with Crippen LogP contribution in [0.4, 0.5) is 39.5 Å². The van der Waals surface area contributed by atoms with E-state index < -0.39 is 30.9 Å². The van der Waals surface area contributed by atoms with Crippen molar-refractivity contribution in [2.45, 2.75) is 54.0 Å². The van der Waals surface area contributed by atoms with Gasteiger partial charge in [0.2, 0.25) is 0 Å². The third-order valence-electron chi connectivity index (χ3n) is 5.97. The molecule has 4 nitrogen and oxygen atoms in total. The zero-order valence-electron chi connectivity index (χ0n) is 29.2. The lowest BCUT2D eigenvalue weighted by Crippen LogP contribution is -2.17. The lowest BCUT2D eigenvalue weighted by atomic mass is 10.2. The van der Waals surface area contributed by atoms with Crippen LogP contribution in [-0.4, -0.2) is 26.4 Å². The first kappa shape index (κ1) is 44.7. The predicted molar refractivity (Wildman–Crippen MR) is 182 cm³/mol. The number of methoxy groups -OCH3 is 1. The summed E-state index contributed by atoms with van der Waals surface area (Å²) in [5.74, 6) is -0.0153. The van der Waals surface area contributed by atoms with Crippen LogP contribution in [0.25, 0.3) is 0 Å². The van der Waals surface area contributed by atoms with E-state index in [4.69, 9.17) is 4.74 Å². The Morgan fingerprint density at radius 2 is 0.865 bits per heavy atom. The molecule has 0 aliphatic rings. The van der Waals surface area contributed by atoms with E-state index in [9.17, 15) is 39.5 Å². The van der Waals surface area contributed by atoms with Crippen LogP contribution in [-0.2, 0) is 0 Å². The van der Waals surface area contributed by atoms with Gasteiger partial charge in [-0.1, -0.05) is 72.3 Å². The van der Waals surface area contributed by atoms with Crippen molar-refractivity contribution in [1.29, 1.82) is 0 Å². The fraction of sp³-hybridized carbons (Fsp3) is 0.231. The van der Waals surface area contributed by atoms with Crippen molar-refractivity contribution < 1.29 is 58.5 Å². The molecule has 0 fully saturated rings. The maximum atomic E-state index is 12.6. The first-order chi connectivity index (χ1) is 24.3. The van der Waals surface area contributed by atoms with Gasteiger partial charge in [-0.2, -0.15) is 8.78 Å². The number of halogens is 9. The van der Waals surface area contributed by atoms with E-state index in [2.05, 4.69) is 33.3 Å². The summed E-state index contributed by atoms with van der Waals surface area (Å²) in [6, 6.07) is 33.4. The molecule has 0 N–H and O–H groups in total. The van der Waals surface area contributed by atoms with E-state index in [0.717, 1.165) is 35.1 Å². The zero-order chi connectivity index (χ0) is 39.3. The maximum absolute atomic E-state index is 12.6. The summed E-state index contributed by atoms with van der Waals surface area (Å²) in [6.45, 7) is 6.26. The summed E-state index contributed by atoms with van der Waals surface area (Å²) >= 11 is 0. The van der Waals surface area contributed by atoms with Gasteiger partial charge in [0, 0.05) is 0 Å². The van der Waals surface area contributed by atoms with Gasteiger partial charge in [-0.25, -0.2) is 4.39 Å². The number of aryl methyl sites for hydroxylation is 5. The molecule has 0 amide bonds. The number of ether oxygens (including phenoxy) is 4. The fourth-order valence-electron chi connectivity index (χ4n) is 3.69. The summed E-state index contributed by atoms with van der Waals surface area (Å²) in [4.78, 5) is 0. The molecule has 0 saturated heterocycles. The Labute approximate surface area is 297 Å². The topological polar surface area (TPSA) is 36.9 Å². The molecule has 0 bridgehead atoms. The Balaban J connectivity index is 0.000000329. The number of benzene rings is 5. The van der Waals surface area contributed by atoms with Gasteiger partial charge < -0.3 is 18.9 Å². The smallest absolute Gasteiger partial charge is 0.497 e. The van der Waals surface area contributed by atoms with Crippen LogP contribution in [0, 0.1) is 40.4 Å². The quantitative estimate of drug-likeness (QED) is 0.168. The molecule has 13 heteroatoms. The van der Waals surface area contributed by atoms with E-state index in [1.807, 2.05) is 62.4 Å². The highest BCUT2D eigenvalue weighted by Gasteiger charge is 2.31. The minimum Gasteiger partial charge on any atom is -0.497 e. The van der Waals surface area contributed by atoms with E-state index in [-0.39, 0.29) is 17.1 Å². The van der Waals surface area contributed by atoms with Crippen LogP contribution in [0.1, 0.15) is 27.8 Å². The molecule has 5 aromatic rings. The van der Waals surface area contributed by atoms with E-state index in [1.54, 1.807) is 32.2 Å². The number of hydrogen-bond acceptors (Lipinski definition) is 4. The summed E-state index contributed by atoms with van der Waals surface area (Å²) in [5.41, 5.74) is 4.30. The normalized spacial score (nSPS) is 10.4. The Bertz CT molecular complexity index is 1730. The molecule has 0 aromatic heterocycles. The molecule has 0 saturated carbocycles. The molecule has 5 rings (SSSR count). The molecule has 0 aliphatic carbocycles. The second kappa shape index (κ2) is 22.5. The largest absolute Gasteiger partial charge is 0.573 e. The van der Waals surface area contributed by atoms with Crippen LogP contribution in [0.3, 0.4) is 0 Å². The average molecular weight is 743 g/mol. The van der Waals surface area contributed by atoms with Gasteiger partial charge in [0.15, 0.2) is 0 Å². The third kappa shape index (κ3) is 22.4. The van der Waals surface area contributed by atoms with Crippen LogP contribution in [0.15, 0.2) is 121 Å². The molecule has 5 aromatic carbocycles. The van der Waals surface area contributed by atoms with Gasteiger partial charge in [0.25, 0.3) is 0 Å². The molecule has 52 heavy (non-hydrogen) atoms. The van der Waals surface area contributed by atoms with Crippen molar-refractivity contribution in [1.82, 2.24) is 0 Å². The van der Waals surface area contributed by atoms with Crippen LogP contribution < -0.4 is 18.9 Å². The Morgan fingerprint density at radius 3 is 1.23 bits per heavy atom. The van der Waals surface area contributed by atoms with Gasteiger partial charge in [-0.3, -0.25) is 0 Å². The average Bonchev–Trinajstić information content (AvgIpc) is 3.03. The molecule has 0 aliphatic heterocycles. The Kier molecular flexibility index (Phi) is 19.3. The number of hydrogen-bond donors (Lipinski definition) is 0. The van der Waals surface area contributed by atoms with E-state index >= 15 is 0 Å². The highest BCUT2D eigenvalue weighted by Crippen LogP contribution is 2.25. The first-order valence-corrected chi connectivity index (χ1v) is 15.2. The maximum Gasteiger partial charge on any atom is 0.573 e. The zero-order valence-corrected chi connectivity index (χ0v) is 29.2. The molecular weight excluding hydrogens is 703 g/mol. The van der Waals surface area contributed by atoms with Gasteiger partial charge in [-0.05, 0) is 111 Å². The SMILES string of the molecule is COc1cccc(C)c1.Cc1cc(OC(F)(F)F)ccc1F.Cc1cccc(OC(F)(F)F)c1.Cc1cccc(OC(F)F)c1.Cc1ccccc1. The lowest BCUT2D eigenvalue weighted by Gasteiger charge is -2.08. The summed E-state index contributed by atoms with van der Waals surface area (Å²) < 4.78 is 122. The fourth-order valence-corrected chi connectivity index (χ4v) is 3.69. The van der Waals surface area contributed by atoms with Crippen molar-refractivity contribution in [3.8, 4) is 23.0 Å². The minimum absolute atomic E-state index is 0.113. The number of alkyl halides is 8. The van der Waals surface area contributed by atoms with Crippen molar-refractivity contribution >= 4 is 0 Å². The van der Waals surface area contributed by atoms with Gasteiger partial charge in [-0.15, -0.1) is 26.3 Å². The summed E-state index contributed by atoms with van der Waals surface area (Å²) in [5, 5.41) is 0. The third-order valence-corrected chi connectivity index (χ3v) is 5.97. The highest BCUT2D eigenvalue weighted by atomic mass is 19.4. The van der Waals surface area contributed by atoms with Crippen molar-refractivity contribution in [2.24, 2.45) is 0 Å². The van der Waals surface area contributed by atoms with E-state index in [0.29, 0.717) is 0 Å². The molecular formula is C39H39F9O4. The highest BCUT2D eigenvalue weighted by molar-refractivity contribution is 5.30. The molecule has 0 spiro atoms. The number of rotatable bonds is 5. The van der Waals surface area contributed by atoms with E-state index in [1.165, 1.54) is 42.3 Å². The minimum atomic E-state index is -4.73. The monoisotopic (exact) mass is 742 g/mol.